The highest BCUT2D eigenvalue weighted by Crippen LogP contribution is 2.36. The summed E-state index contributed by atoms with van der Waals surface area (Å²) in [6.07, 6.45) is 3.39. The van der Waals surface area contributed by atoms with Gasteiger partial charge in [-0.2, -0.15) is 0 Å². The topological polar surface area (TPSA) is 18.5 Å². The van der Waals surface area contributed by atoms with Gasteiger partial charge in [-0.1, -0.05) is 12.2 Å². The van der Waals surface area contributed by atoms with E-state index in [-0.39, 0.29) is 5.25 Å². The van der Waals surface area contributed by atoms with E-state index >= 15 is 0 Å². The third-order valence-corrected chi connectivity index (χ3v) is 5.94. The summed E-state index contributed by atoms with van der Waals surface area (Å²) in [5.74, 6) is -8.71. The van der Waals surface area contributed by atoms with E-state index in [1.165, 1.54) is 18.4 Å². The molecule has 2 aliphatic heterocycles. The predicted molar refractivity (Wildman–Crippen MR) is 94.3 cm³/mol. The summed E-state index contributed by atoms with van der Waals surface area (Å²) < 4.78 is 75.8. The zero-order valence-electron chi connectivity index (χ0n) is 15.1. The van der Waals surface area contributed by atoms with E-state index in [0.717, 1.165) is 19.1 Å². The minimum atomic E-state index is -2.12. The van der Waals surface area contributed by atoms with Crippen molar-refractivity contribution in [1.29, 1.82) is 0 Å². The van der Waals surface area contributed by atoms with Crippen LogP contribution in [0, 0.1) is 35.0 Å². The molecule has 3 rings (SSSR count). The van der Waals surface area contributed by atoms with Crippen molar-refractivity contribution < 1.29 is 31.4 Å². The average Bonchev–Trinajstić information content (AvgIpc) is 2.70. The fraction of sp³-hybridized carbons (Fsp3) is 0.579. The summed E-state index contributed by atoms with van der Waals surface area (Å²) in [7, 11) is 0. The van der Waals surface area contributed by atoms with Gasteiger partial charge in [-0.15, -0.1) is 11.8 Å². The van der Waals surface area contributed by atoms with E-state index in [9.17, 15) is 22.0 Å². The van der Waals surface area contributed by atoms with Crippen molar-refractivity contribution in [3.63, 3.8) is 0 Å². The first-order chi connectivity index (χ1) is 12.8. The Bertz CT molecular complexity index is 627. The number of thioether (sulfide) groups is 1. The maximum absolute atomic E-state index is 13.4. The van der Waals surface area contributed by atoms with Crippen LogP contribution in [0.15, 0.2) is 17.0 Å². The van der Waals surface area contributed by atoms with Gasteiger partial charge >= 0.3 is 0 Å². The quantitative estimate of drug-likeness (QED) is 0.278. The number of hydrogen-bond acceptors (Lipinski definition) is 3. The van der Waals surface area contributed by atoms with Crippen LogP contribution in [0.5, 0.6) is 0 Å². The van der Waals surface area contributed by atoms with Crippen LogP contribution in [0.4, 0.5) is 22.0 Å². The summed E-state index contributed by atoms with van der Waals surface area (Å²) in [5, 5.41) is -0.202. The van der Waals surface area contributed by atoms with Crippen molar-refractivity contribution in [3.05, 3.63) is 41.2 Å². The Morgan fingerprint density at radius 1 is 0.778 bits per heavy atom. The SMILES string of the molecule is C=C(C)C1CCOCC1.Fc1c(F)c(F)c(SC2CCOCC2)c(F)c1F. The lowest BCUT2D eigenvalue weighted by atomic mass is 9.94. The van der Waals surface area contributed by atoms with Crippen LogP contribution in [-0.2, 0) is 9.47 Å². The summed E-state index contributed by atoms with van der Waals surface area (Å²) in [6.45, 7) is 8.73. The van der Waals surface area contributed by atoms with Crippen molar-refractivity contribution in [2.45, 2.75) is 42.8 Å². The Morgan fingerprint density at radius 3 is 1.59 bits per heavy atom. The molecule has 2 saturated heterocycles. The standard InChI is InChI=1S/C11H9F5OS.C8H14O/c12-6-7(13)9(15)11(10(16)8(6)14)18-5-1-3-17-4-2-5;1-7(2)8-3-5-9-6-4-8/h5H,1-4H2;8H,1,3-6H2,2H3. The number of hydrogen-bond donors (Lipinski definition) is 0. The second-order valence-electron chi connectivity index (χ2n) is 6.56. The van der Waals surface area contributed by atoms with Gasteiger partial charge in [-0.25, -0.2) is 22.0 Å². The van der Waals surface area contributed by atoms with Crippen molar-refractivity contribution in [2.75, 3.05) is 26.4 Å². The minimum Gasteiger partial charge on any atom is -0.381 e. The molecule has 0 amide bonds. The van der Waals surface area contributed by atoms with Crippen LogP contribution in [0.25, 0.3) is 0 Å². The smallest absolute Gasteiger partial charge is 0.200 e. The van der Waals surface area contributed by atoms with E-state index in [0.29, 0.717) is 37.8 Å². The van der Waals surface area contributed by atoms with Crippen LogP contribution < -0.4 is 0 Å². The Balaban J connectivity index is 0.000000244. The van der Waals surface area contributed by atoms with E-state index < -0.39 is 34.0 Å². The Kier molecular flexibility index (Phi) is 8.57. The van der Waals surface area contributed by atoms with Crippen LogP contribution >= 0.6 is 11.8 Å². The second-order valence-corrected chi connectivity index (χ2v) is 7.87. The number of ether oxygens (including phenoxy) is 2. The molecule has 0 atom stereocenters. The average molecular weight is 410 g/mol. The van der Waals surface area contributed by atoms with Gasteiger partial charge in [0.2, 0.25) is 5.82 Å². The third-order valence-electron chi connectivity index (χ3n) is 4.54. The van der Waals surface area contributed by atoms with Gasteiger partial charge in [0.1, 0.15) is 0 Å². The number of benzene rings is 1. The van der Waals surface area contributed by atoms with Gasteiger partial charge in [0.25, 0.3) is 0 Å². The highest BCUT2D eigenvalue weighted by atomic mass is 32.2. The van der Waals surface area contributed by atoms with Crippen molar-refractivity contribution in [1.82, 2.24) is 0 Å². The molecular formula is C19H23F5O2S. The summed E-state index contributed by atoms with van der Waals surface area (Å²) in [6, 6.07) is 0. The van der Waals surface area contributed by atoms with Gasteiger partial charge in [0.05, 0.1) is 4.90 Å². The van der Waals surface area contributed by atoms with Crippen LogP contribution in [0.1, 0.15) is 32.6 Å². The highest BCUT2D eigenvalue weighted by molar-refractivity contribution is 8.00. The lowest BCUT2D eigenvalue weighted by molar-refractivity contribution is 0.0759. The van der Waals surface area contributed by atoms with Crippen molar-refractivity contribution in [3.8, 4) is 0 Å². The largest absolute Gasteiger partial charge is 0.381 e. The molecule has 2 aliphatic rings. The summed E-state index contributed by atoms with van der Waals surface area (Å²) in [4.78, 5) is -0.807. The monoisotopic (exact) mass is 410 g/mol. The van der Waals surface area contributed by atoms with Crippen LogP contribution in [-0.4, -0.2) is 31.7 Å². The van der Waals surface area contributed by atoms with E-state index in [1.54, 1.807) is 0 Å². The molecule has 0 spiro atoms. The molecule has 1 aromatic rings. The predicted octanol–water partition coefficient (Wildman–Crippen LogP) is 5.64. The highest BCUT2D eigenvalue weighted by Gasteiger charge is 2.28. The third kappa shape index (κ3) is 5.93. The maximum Gasteiger partial charge on any atom is 0.200 e. The fourth-order valence-electron chi connectivity index (χ4n) is 2.84. The Morgan fingerprint density at radius 2 is 1.19 bits per heavy atom. The zero-order chi connectivity index (χ0) is 20.0. The second kappa shape index (κ2) is 10.4. The first kappa shape index (κ1) is 22.2. The molecule has 0 bridgehead atoms. The molecule has 0 unspecified atom stereocenters. The summed E-state index contributed by atoms with van der Waals surface area (Å²) >= 11 is 0.678. The molecule has 1 aromatic carbocycles. The molecule has 152 valence electrons. The van der Waals surface area contributed by atoms with Gasteiger partial charge in [0, 0.05) is 31.7 Å². The molecule has 2 fully saturated rings. The molecule has 27 heavy (non-hydrogen) atoms. The lowest BCUT2D eigenvalue weighted by Crippen LogP contribution is -2.18. The first-order valence-electron chi connectivity index (χ1n) is 8.81. The van der Waals surface area contributed by atoms with Crippen molar-refractivity contribution in [2.24, 2.45) is 5.92 Å². The molecule has 0 aliphatic carbocycles. The van der Waals surface area contributed by atoms with E-state index in [1.807, 2.05) is 0 Å². The number of halogens is 5. The zero-order valence-corrected chi connectivity index (χ0v) is 15.9. The Hall–Kier alpha value is -1.12. The molecule has 2 nitrogen and oxygen atoms in total. The molecule has 0 radical (unpaired) electrons. The van der Waals surface area contributed by atoms with E-state index in [4.69, 9.17) is 9.47 Å². The van der Waals surface area contributed by atoms with Gasteiger partial charge in [0.15, 0.2) is 23.3 Å². The number of rotatable bonds is 3. The van der Waals surface area contributed by atoms with Gasteiger partial charge in [-0.3, -0.25) is 0 Å². The normalized spacial score (nSPS) is 18.7. The molecular weight excluding hydrogens is 387 g/mol. The van der Waals surface area contributed by atoms with Crippen molar-refractivity contribution >= 4 is 11.8 Å². The van der Waals surface area contributed by atoms with Crippen LogP contribution in [0.3, 0.4) is 0 Å². The van der Waals surface area contributed by atoms with Gasteiger partial charge in [-0.05, 0) is 38.5 Å². The summed E-state index contributed by atoms with van der Waals surface area (Å²) in [5.41, 5.74) is 1.32. The molecule has 0 saturated carbocycles. The molecule has 0 N–H and O–H groups in total. The molecule has 0 aromatic heterocycles. The number of allylic oxidation sites excluding steroid dienone is 1. The van der Waals surface area contributed by atoms with Gasteiger partial charge < -0.3 is 9.47 Å². The maximum atomic E-state index is 13.4. The van der Waals surface area contributed by atoms with Crippen LogP contribution in [0.2, 0.25) is 0 Å². The molecule has 2 heterocycles. The Labute approximate surface area is 160 Å². The minimum absolute atomic E-state index is 0.202. The first-order valence-corrected chi connectivity index (χ1v) is 9.69. The molecule has 8 heteroatoms. The fourth-order valence-corrected chi connectivity index (χ4v) is 3.99. The van der Waals surface area contributed by atoms with E-state index in [2.05, 4.69) is 13.5 Å². The lowest BCUT2D eigenvalue weighted by Gasteiger charge is -2.22.